The molecule has 0 bridgehead atoms. The van der Waals surface area contributed by atoms with Gasteiger partial charge in [0.1, 0.15) is 18.2 Å². The number of aromatic nitrogens is 4. The van der Waals surface area contributed by atoms with Gasteiger partial charge in [-0.05, 0) is 33.6 Å². The minimum Gasteiger partial charge on any atom is -0.444 e. The van der Waals surface area contributed by atoms with E-state index in [9.17, 15) is 13.2 Å². The van der Waals surface area contributed by atoms with Crippen LogP contribution in [0, 0.1) is 0 Å². The molecule has 154 valence electrons. The zero-order valence-electron chi connectivity index (χ0n) is 15.7. The molecule has 1 aliphatic heterocycles. The van der Waals surface area contributed by atoms with Crippen LogP contribution in [0.4, 0.5) is 10.6 Å². The van der Waals surface area contributed by atoms with Gasteiger partial charge >= 0.3 is 16.4 Å². The van der Waals surface area contributed by atoms with Crippen molar-refractivity contribution in [1.82, 2.24) is 19.5 Å². The lowest BCUT2D eigenvalue weighted by Gasteiger charge is -2.19. The van der Waals surface area contributed by atoms with Gasteiger partial charge < -0.3 is 9.47 Å². The van der Waals surface area contributed by atoms with Gasteiger partial charge in [0.05, 0.1) is 19.0 Å². The van der Waals surface area contributed by atoms with Gasteiger partial charge in [-0.1, -0.05) is 0 Å². The molecule has 2 aromatic rings. The van der Waals surface area contributed by atoms with Crippen LogP contribution in [0.25, 0.3) is 11.2 Å². The van der Waals surface area contributed by atoms with Crippen molar-refractivity contribution in [2.24, 2.45) is 5.14 Å². The maximum Gasteiger partial charge on any atom is 0.413 e. The maximum absolute atomic E-state index is 12.0. The van der Waals surface area contributed by atoms with Crippen LogP contribution in [-0.4, -0.2) is 52.3 Å². The Morgan fingerprint density at radius 1 is 1.36 bits per heavy atom. The summed E-state index contributed by atoms with van der Waals surface area (Å²) < 4.78 is 39.1. The summed E-state index contributed by atoms with van der Waals surface area (Å²) in [5, 5.41) is 7.39. The summed E-state index contributed by atoms with van der Waals surface area (Å²) in [5.74, 6) is 0.213. The number of nitrogens with one attached hydrogen (secondary N) is 1. The van der Waals surface area contributed by atoms with Gasteiger partial charge in [-0.2, -0.15) is 8.42 Å². The molecule has 0 aliphatic carbocycles. The highest BCUT2D eigenvalue weighted by atomic mass is 32.2. The highest BCUT2D eigenvalue weighted by Crippen LogP contribution is 2.31. The molecule has 2 atom stereocenters. The van der Waals surface area contributed by atoms with E-state index in [2.05, 4.69) is 24.5 Å². The van der Waals surface area contributed by atoms with Crippen molar-refractivity contribution in [3.63, 3.8) is 0 Å². The van der Waals surface area contributed by atoms with Crippen molar-refractivity contribution in [2.45, 2.75) is 51.5 Å². The minimum atomic E-state index is -4.02. The zero-order valence-corrected chi connectivity index (χ0v) is 16.5. The Labute approximate surface area is 161 Å². The van der Waals surface area contributed by atoms with Crippen LogP contribution in [0.1, 0.15) is 39.8 Å². The van der Waals surface area contributed by atoms with Crippen LogP contribution < -0.4 is 10.5 Å². The van der Waals surface area contributed by atoms with Gasteiger partial charge in [-0.15, -0.1) is 0 Å². The first-order valence-electron chi connectivity index (χ1n) is 8.52. The monoisotopic (exact) mass is 414 g/mol. The molecule has 0 aromatic carbocycles. The van der Waals surface area contributed by atoms with Crippen LogP contribution in [-0.2, 0) is 24.0 Å². The van der Waals surface area contributed by atoms with Crippen molar-refractivity contribution in [2.75, 3.05) is 11.9 Å². The quantitative estimate of drug-likeness (QED) is 0.729. The van der Waals surface area contributed by atoms with Crippen LogP contribution in [0.3, 0.4) is 0 Å². The van der Waals surface area contributed by atoms with Crippen LogP contribution in [0.5, 0.6) is 0 Å². The van der Waals surface area contributed by atoms with E-state index in [0.717, 1.165) is 0 Å². The molecular formula is C15H22N6O6S. The first kappa shape index (κ1) is 20.4. The normalized spacial score (nSPS) is 20.4. The highest BCUT2D eigenvalue weighted by molar-refractivity contribution is 7.84. The summed E-state index contributed by atoms with van der Waals surface area (Å²) in [4.78, 5) is 24.5. The van der Waals surface area contributed by atoms with E-state index < -0.39 is 34.3 Å². The Morgan fingerprint density at radius 2 is 2.11 bits per heavy atom. The number of imidazole rings is 1. The molecule has 0 spiro atoms. The maximum atomic E-state index is 12.0. The minimum absolute atomic E-state index is 0.164. The number of nitrogens with two attached hydrogens (primary N) is 1. The van der Waals surface area contributed by atoms with Crippen molar-refractivity contribution in [3.8, 4) is 0 Å². The fourth-order valence-electron chi connectivity index (χ4n) is 2.74. The zero-order chi connectivity index (χ0) is 20.5. The molecule has 1 amide bonds. The van der Waals surface area contributed by atoms with Crippen molar-refractivity contribution >= 4 is 33.4 Å². The summed E-state index contributed by atoms with van der Waals surface area (Å²) in [7, 11) is -4.02. The lowest BCUT2D eigenvalue weighted by Crippen LogP contribution is -2.27. The average Bonchev–Trinajstić information content (AvgIpc) is 3.17. The van der Waals surface area contributed by atoms with Crippen LogP contribution >= 0.6 is 0 Å². The molecule has 1 saturated heterocycles. The fraction of sp³-hybridized carbons (Fsp3) is 0.600. The van der Waals surface area contributed by atoms with E-state index in [4.69, 9.17) is 14.6 Å². The molecule has 13 heteroatoms. The number of carbonyl (C=O) groups is 1. The standard InChI is InChI=1S/C15H22N6O6S/c1-15(2,3)27-14(22)20-12-11-13(18-7-17-12)21(8-19-11)10-5-4-9(26-10)6-25-28(16,23)24/h7-10H,4-6H2,1-3H3,(H2,16,23,24)(H,17,18,20,22)/t9-,10+/m0/s1. The Balaban J connectivity index is 1.73. The van der Waals surface area contributed by atoms with E-state index in [1.165, 1.54) is 12.7 Å². The third-order valence-corrected chi connectivity index (χ3v) is 4.26. The highest BCUT2D eigenvalue weighted by Gasteiger charge is 2.29. The lowest BCUT2D eigenvalue weighted by molar-refractivity contribution is -0.0149. The molecular weight excluding hydrogens is 392 g/mol. The smallest absolute Gasteiger partial charge is 0.413 e. The van der Waals surface area contributed by atoms with Gasteiger partial charge in [0.25, 0.3) is 0 Å². The van der Waals surface area contributed by atoms with Crippen molar-refractivity contribution in [1.29, 1.82) is 0 Å². The third-order valence-electron chi connectivity index (χ3n) is 3.79. The van der Waals surface area contributed by atoms with Crippen LogP contribution in [0.2, 0.25) is 0 Å². The van der Waals surface area contributed by atoms with Gasteiger partial charge in [-0.3, -0.25) is 14.1 Å². The predicted octanol–water partition coefficient (Wildman–Crippen LogP) is 1.07. The summed E-state index contributed by atoms with van der Waals surface area (Å²) in [6.07, 6.45) is 2.50. The van der Waals surface area contributed by atoms with Gasteiger partial charge in [0.15, 0.2) is 17.0 Å². The molecule has 2 aromatic heterocycles. The summed E-state index contributed by atoms with van der Waals surface area (Å²) >= 11 is 0. The molecule has 0 saturated carbocycles. The Morgan fingerprint density at radius 3 is 2.79 bits per heavy atom. The number of carbonyl (C=O) groups excluding carboxylic acids is 1. The van der Waals surface area contributed by atoms with E-state index in [0.29, 0.717) is 24.0 Å². The number of hydrogen-bond donors (Lipinski definition) is 2. The molecule has 28 heavy (non-hydrogen) atoms. The second-order valence-electron chi connectivity index (χ2n) is 7.24. The Hall–Kier alpha value is -2.35. The number of amides is 1. The first-order chi connectivity index (χ1) is 13.0. The molecule has 0 radical (unpaired) electrons. The van der Waals surface area contributed by atoms with Gasteiger partial charge in [0, 0.05) is 0 Å². The van der Waals surface area contributed by atoms with Crippen molar-refractivity contribution in [3.05, 3.63) is 12.7 Å². The fourth-order valence-corrected chi connectivity index (χ4v) is 3.08. The third kappa shape index (κ3) is 5.13. The SMILES string of the molecule is CC(C)(C)OC(=O)Nc1ncnc2c1ncn2[C@H]1CC[C@@H](COS(N)(=O)=O)O1. The van der Waals surface area contributed by atoms with Gasteiger partial charge in [0.2, 0.25) is 0 Å². The summed E-state index contributed by atoms with van der Waals surface area (Å²) in [6, 6.07) is 0. The van der Waals surface area contributed by atoms with E-state index in [1.54, 1.807) is 25.3 Å². The molecule has 1 fully saturated rings. The summed E-state index contributed by atoms with van der Waals surface area (Å²) in [5.41, 5.74) is 0.182. The van der Waals surface area contributed by atoms with E-state index >= 15 is 0 Å². The Bertz CT molecular complexity index is 969. The number of ether oxygens (including phenoxy) is 2. The van der Waals surface area contributed by atoms with Crippen LogP contribution in [0.15, 0.2) is 12.7 Å². The predicted molar refractivity (Wildman–Crippen MR) is 97.4 cm³/mol. The average molecular weight is 414 g/mol. The molecule has 12 nitrogen and oxygen atoms in total. The molecule has 3 N–H and O–H groups in total. The molecule has 3 heterocycles. The lowest BCUT2D eigenvalue weighted by atomic mass is 10.2. The van der Waals surface area contributed by atoms with Crippen molar-refractivity contribution < 1.29 is 26.9 Å². The topological polar surface area (TPSA) is 161 Å². The number of nitrogens with zero attached hydrogens (tertiary/aromatic N) is 4. The van der Waals surface area contributed by atoms with E-state index in [1.807, 2.05) is 0 Å². The van der Waals surface area contributed by atoms with E-state index in [-0.39, 0.29) is 12.4 Å². The molecule has 0 unspecified atom stereocenters. The second kappa shape index (κ2) is 7.58. The number of rotatable bonds is 5. The number of fused-ring (bicyclic) bond motifs is 1. The van der Waals surface area contributed by atoms with Gasteiger partial charge in [-0.25, -0.2) is 24.9 Å². The first-order valence-corrected chi connectivity index (χ1v) is 9.99. The number of hydrogen-bond acceptors (Lipinski definition) is 9. The molecule has 3 rings (SSSR count). The Kier molecular flexibility index (Phi) is 5.52. The number of anilines is 1. The second-order valence-corrected chi connectivity index (χ2v) is 8.46. The molecule has 1 aliphatic rings. The summed E-state index contributed by atoms with van der Waals surface area (Å²) in [6.45, 7) is 5.10. The largest absolute Gasteiger partial charge is 0.444 e.